The Bertz CT molecular complexity index is 3610. The molecule has 0 fully saturated rings. The molecule has 3 heterocycles. The average Bonchev–Trinajstić information content (AvgIpc) is 3.93. The highest BCUT2D eigenvalue weighted by Crippen LogP contribution is 2.44. The van der Waals surface area contributed by atoms with E-state index < -0.39 is 6.85 Å². The summed E-state index contributed by atoms with van der Waals surface area (Å²) in [5, 5.41) is 13.3. The van der Waals surface area contributed by atoms with Crippen molar-refractivity contribution in [2.45, 2.75) is 26.1 Å². The van der Waals surface area contributed by atoms with Crippen LogP contribution in [0.1, 0.15) is 34.7 Å². The Morgan fingerprint density at radius 1 is 0.556 bits per heavy atom. The summed E-state index contributed by atoms with van der Waals surface area (Å²) in [6.45, 7) is 2.19. The minimum absolute atomic E-state index is 0.0741. The van der Waals surface area contributed by atoms with E-state index in [-0.39, 0.29) is 16.7 Å². The molecule has 0 atom stereocenters. The molecule has 0 radical (unpaired) electrons. The number of phenolic OH excluding ortho intramolecular Hbond substituents is 1. The van der Waals surface area contributed by atoms with Crippen LogP contribution in [0.2, 0.25) is 0 Å². The van der Waals surface area contributed by atoms with Gasteiger partial charge in [-0.25, -0.2) is 4.98 Å². The van der Waals surface area contributed by atoms with Crippen molar-refractivity contribution in [1.29, 1.82) is 0 Å². The Kier molecular flexibility index (Phi) is 8.34. The van der Waals surface area contributed by atoms with E-state index in [1.165, 1.54) is 11.1 Å². The van der Waals surface area contributed by atoms with Gasteiger partial charge in [0.25, 0.3) is 0 Å². The number of aryl methyl sites for hydroxylation is 1. The van der Waals surface area contributed by atoms with Gasteiger partial charge in [-0.15, -0.1) is 0 Å². The van der Waals surface area contributed by atoms with E-state index in [1.54, 1.807) is 24.3 Å². The molecule has 0 aliphatic heterocycles. The molecule has 0 spiro atoms. The Morgan fingerprint density at radius 2 is 1.29 bits per heavy atom. The minimum atomic E-state index is -2.32. The summed E-state index contributed by atoms with van der Waals surface area (Å²) in [6.07, 6.45) is 1.86. The molecule has 3 aromatic heterocycles. The molecule has 63 heavy (non-hydrogen) atoms. The number of benzene rings is 8. The van der Waals surface area contributed by atoms with Gasteiger partial charge in [-0.2, -0.15) is 0 Å². The number of aromatic hydroxyl groups is 1. The number of hydrogen-bond acceptors (Lipinski definition) is 4. The van der Waals surface area contributed by atoms with Crippen LogP contribution in [0.4, 0.5) is 0 Å². The maximum atomic E-state index is 11.4. The number of fused-ring (bicyclic) bond motifs is 4. The lowest BCUT2D eigenvalue weighted by atomic mass is 9.78. The van der Waals surface area contributed by atoms with Gasteiger partial charge in [0.1, 0.15) is 22.7 Å². The minimum Gasteiger partial charge on any atom is -0.507 e. The first-order valence-electron chi connectivity index (χ1n) is 22.6. The first kappa shape index (κ1) is 34.7. The predicted molar refractivity (Wildman–Crippen MR) is 258 cm³/mol. The quantitative estimate of drug-likeness (QED) is 0.166. The fourth-order valence-electron chi connectivity index (χ4n) is 9.03. The molecule has 302 valence electrons. The van der Waals surface area contributed by atoms with Gasteiger partial charge in [0, 0.05) is 43.2 Å². The van der Waals surface area contributed by atoms with Gasteiger partial charge in [-0.05, 0) is 101 Å². The van der Waals surface area contributed by atoms with E-state index in [0.717, 1.165) is 77.8 Å². The summed E-state index contributed by atoms with van der Waals surface area (Å²) in [4.78, 5) is 10.4. The van der Waals surface area contributed by atoms with Crippen molar-refractivity contribution >= 4 is 33.0 Å². The standard InChI is InChI=1S/C58H43N3O2/c1-37-25-30-51(47(33-37)39-15-6-4-7-16-39)61-52-22-14-21-44(55(52)60-57(61)46-20-10-12-23-53(46)62)41-34-48-45-19-11-13-24-54(45)63-56(48)49(35-41)50-36-40(31-32-59-50)38-26-28-43(29-27-38)58(2,3)42-17-8-5-9-18-42/h4-36,62H,1-3H3/i1D3. The van der Waals surface area contributed by atoms with Crippen LogP contribution in [0, 0.1) is 6.85 Å². The Morgan fingerprint density at radius 3 is 2.10 bits per heavy atom. The van der Waals surface area contributed by atoms with Crippen molar-refractivity contribution in [3.8, 4) is 67.5 Å². The molecule has 0 unspecified atom stereocenters. The van der Waals surface area contributed by atoms with Crippen molar-refractivity contribution in [3.63, 3.8) is 0 Å². The predicted octanol–water partition coefficient (Wildman–Crippen LogP) is 15.0. The summed E-state index contributed by atoms with van der Waals surface area (Å²) in [6, 6.07) is 64.2. The molecule has 1 N–H and O–H groups in total. The molecule has 0 saturated heterocycles. The lowest BCUT2D eigenvalue weighted by Gasteiger charge is -2.26. The zero-order chi connectivity index (χ0) is 45.2. The molecule has 0 aliphatic carbocycles. The first-order valence-corrected chi connectivity index (χ1v) is 21.1. The fraction of sp³-hybridized carbons (Fsp3) is 0.0690. The van der Waals surface area contributed by atoms with Gasteiger partial charge in [-0.3, -0.25) is 9.55 Å². The van der Waals surface area contributed by atoms with Gasteiger partial charge in [0.2, 0.25) is 0 Å². The summed E-state index contributed by atoms with van der Waals surface area (Å²) in [7, 11) is 0. The molecule has 0 bridgehead atoms. The van der Waals surface area contributed by atoms with Crippen molar-refractivity contribution < 1.29 is 13.6 Å². The topological polar surface area (TPSA) is 64.1 Å². The number of para-hydroxylation sites is 3. The van der Waals surface area contributed by atoms with E-state index >= 15 is 0 Å². The second-order valence-corrected chi connectivity index (χ2v) is 16.6. The van der Waals surface area contributed by atoms with Crippen LogP contribution < -0.4 is 0 Å². The molecule has 0 aliphatic rings. The molecule has 5 nitrogen and oxygen atoms in total. The highest BCUT2D eigenvalue weighted by molar-refractivity contribution is 6.12. The second-order valence-electron chi connectivity index (χ2n) is 16.6. The number of aromatic nitrogens is 3. The normalized spacial score (nSPS) is 12.7. The first-order chi connectivity index (χ1) is 32.0. The summed E-state index contributed by atoms with van der Waals surface area (Å²) < 4.78 is 33.6. The van der Waals surface area contributed by atoms with Gasteiger partial charge < -0.3 is 9.52 Å². The average molecular weight is 817 g/mol. The highest BCUT2D eigenvalue weighted by atomic mass is 16.3. The van der Waals surface area contributed by atoms with E-state index in [9.17, 15) is 5.11 Å². The van der Waals surface area contributed by atoms with Gasteiger partial charge in [0.15, 0.2) is 0 Å². The SMILES string of the molecule is [2H]C([2H])([2H])c1ccc(-n2c(-c3ccccc3O)nc3c(-c4cc(-c5cc(-c6ccc(C(C)(C)c7ccccc7)cc6)ccn5)c5oc6ccccc6c5c4)cccc32)c(-c2ccccc2)c1. The van der Waals surface area contributed by atoms with Gasteiger partial charge in [0.05, 0.1) is 28.0 Å². The Hall–Kier alpha value is -8.02. The number of pyridine rings is 1. The largest absolute Gasteiger partial charge is 0.507 e. The summed E-state index contributed by atoms with van der Waals surface area (Å²) >= 11 is 0. The smallest absolute Gasteiger partial charge is 0.149 e. The molecule has 0 saturated carbocycles. The van der Waals surface area contributed by atoms with E-state index in [0.29, 0.717) is 16.9 Å². The summed E-state index contributed by atoms with van der Waals surface area (Å²) in [5.41, 5.74) is 13.9. The maximum absolute atomic E-state index is 11.4. The molecule has 5 heteroatoms. The van der Waals surface area contributed by atoms with Crippen LogP contribution in [-0.4, -0.2) is 19.6 Å². The number of hydrogen-bond donors (Lipinski definition) is 1. The monoisotopic (exact) mass is 816 g/mol. The van der Waals surface area contributed by atoms with E-state index in [2.05, 4.69) is 98.8 Å². The third-order valence-electron chi connectivity index (χ3n) is 12.4. The van der Waals surface area contributed by atoms with Crippen molar-refractivity contribution in [2.75, 3.05) is 0 Å². The lowest BCUT2D eigenvalue weighted by molar-refractivity contribution is 0.477. The van der Waals surface area contributed by atoms with E-state index in [4.69, 9.17) is 18.5 Å². The molecular formula is C58H43N3O2. The number of imidazole rings is 1. The molecular weight excluding hydrogens is 771 g/mol. The number of rotatable bonds is 8. The van der Waals surface area contributed by atoms with Crippen LogP contribution in [-0.2, 0) is 5.41 Å². The number of nitrogens with zero attached hydrogens (tertiary/aromatic N) is 3. The van der Waals surface area contributed by atoms with Crippen LogP contribution in [0.5, 0.6) is 5.75 Å². The Labute approximate surface area is 370 Å². The zero-order valence-electron chi connectivity index (χ0n) is 37.7. The van der Waals surface area contributed by atoms with Crippen LogP contribution in [0.15, 0.2) is 205 Å². The summed E-state index contributed by atoms with van der Waals surface area (Å²) in [5.74, 6) is 0.585. The Balaban J connectivity index is 1.11. The van der Waals surface area contributed by atoms with Gasteiger partial charge in [-0.1, -0.05) is 153 Å². The molecule has 8 aromatic carbocycles. The molecule has 11 rings (SSSR count). The van der Waals surface area contributed by atoms with Crippen molar-refractivity contribution in [1.82, 2.24) is 14.5 Å². The maximum Gasteiger partial charge on any atom is 0.149 e. The lowest BCUT2D eigenvalue weighted by Crippen LogP contribution is -2.18. The second kappa shape index (κ2) is 15.2. The fourth-order valence-corrected chi connectivity index (χ4v) is 9.03. The van der Waals surface area contributed by atoms with Gasteiger partial charge >= 0.3 is 0 Å². The van der Waals surface area contributed by atoms with E-state index in [1.807, 2.05) is 95.7 Å². The van der Waals surface area contributed by atoms with Crippen molar-refractivity contribution in [2.24, 2.45) is 0 Å². The third kappa shape index (κ3) is 6.57. The number of furan rings is 1. The van der Waals surface area contributed by atoms with Crippen LogP contribution in [0.25, 0.3) is 94.7 Å². The number of phenols is 1. The molecule has 11 aromatic rings. The highest BCUT2D eigenvalue weighted by Gasteiger charge is 2.25. The zero-order valence-corrected chi connectivity index (χ0v) is 34.7. The molecule has 0 amide bonds. The third-order valence-corrected chi connectivity index (χ3v) is 12.4. The van der Waals surface area contributed by atoms with Crippen LogP contribution >= 0.6 is 0 Å². The van der Waals surface area contributed by atoms with Crippen LogP contribution in [0.3, 0.4) is 0 Å². The van der Waals surface area contributed by atoms with Crippen molar-refractivity contribution in [3.05, 3.63) is 217 Å².